The Morgan fingerprint density at radius 2 is 2.07 bits per heavy atom. The van der Waals surface area contributed by atoms with Gasteiger partial charge in [0, 0.05) is 16.6 Å². The first-order valence-corrected chi connectivity index (χ1v) is 9.86. The van der Waals surface area contributed by atoms with Gasteiger partial charge in [0.15, 0.2) is 5.69 Å². The lowest BCUT2D eigenvalue weighted by Crippen LogP contribution is -2.09. The van der Waals surface area contributed by atoms with E-state index in [4.69, 9.17) is 4.74 Å². The van der Waals surface area contributed by atoms with Crippen LogP contribution in [-0.4, -0.2) is 38.1 Å². The summed E-state index contributed by atoms with van der Waals surface area (Å²) in [6.45, 7) is 2.29. The molecule has 7 nitrogen and oxygen atoms in total. The number of carbonyl (C=O) groups is 1. The lowest BCUT2D eigenvalue weighted by atomic mass is 10.0. The van der Waals surface area contributed by atoms with Gasteiger partial charge in [0.25, 0.3) is 0 Å². The van der Waals surface area contributed by atoms with E-state index in [9.17, 15) is 15.0 Å². The number of aromatic carboxylic acids is 1. The van der Waals surface area contributed by atoms with Crippen LogP contribution in [0.2, 0.25) is 0 Å². The molecule has 0 aliphatic carbocycles. The molecule has 0 aliphatic heterocycles. The van der Waals surface area contributed by atoms with Crippen molar-refractivity contribution in [2.75, 3.05) is 7.11 Å². The number of aliphatic hydroxyl groups is 1. The van der Waals surface area contributed by atoms with Crippen LogP contribution in [0.3, 0.4) is 0 Å². The Labute approximate surface area is 168 Å². The topological polar surface area (TPSA) is 97.5 Å². The summed E-state index contributed by atoms with van der Waals surface area (Å²) in [6, 6.07) is 7.47. The maximum atomic E-state index is 11.8. The lowest BCUT2D eigenvalue weighted by molar-refractivity contribution is 0.0684. The molecule has 1 unspecified atom stereocenters. The van der Waals surface area contributed by atoms with E-state index in [1.54, 1.807) is 17.2 Å². The maximum absolute atomic E-state index is 11.8. The molecule has 1 aromatic carbocycles. The van der Waals surface area contributed by atoms with Crippen LogP contribution in [0.1, 0.15) is 45.3 Å². The van der Waals surface area contributed by atoms with Gasteiger partial charge < -0.3 is 14.9 Å². The molecular formula is C18H18BrN3O4S. The number of aliphatic hydroxyl groups excluding tert-OH is 1. The average Bonchev–Trinajstić information content (AvgIpc) is 3.25. The van der Waals surface area contributed by atoms with Crippen molar-refractivity contribution in [2.45, 2.75) is 26.0 Å². The zero-order chi connectivity index (χ0) is 19.6. The van der Waals surface area contributed by atoms with Crippen LogP contribution in [-0.2, 0) is 13.0 Å². The minimum Gasteiger partial charge on any atom is -0.497 e. The van der Waals surface area contributed by atoms with Gasteiger partial charge in [-0.3, -0.25) is 4.68 Å². The molecule has 0 spiro atoms. The molecule has 2 heterocycles. The van der Waals surface area contributed by atoms with E-state index in [0.29, 0.717) is 33.8 Å². The maximum Gasteiger partial charge on any atom is 0.356 e. The van der Waals surface area contributed by atoms with Crippen molar-refractivity contribution < 1.29 is 19.7 Å². The van der Waals surface area contributed by atoms with Crippen molar-refractivity contribution in [3.05, 3.63) is 61.8 Å². The number of halogens is 1. The third-order valence-corrected chi connectivity index (χ3v) is 5.73. The Balaban J connectivity index is 2.03. The monoisotopic (exact) mass is 451 g/mol. The molecule has 142 valence electrons. The van der Waals surface area contributed by atoms with Gasteiger partial charge in [0.05, 0.1) is 13.7 Å². The Morgan fingerprint density at radius 3 is 2.59 bits per heavy atom. The van der Waals surface area contributed by atoms with Gasteiger partial charge in [-0.2, -0.15) is 5.10 Å². The summed E-state index contributed by atoms with van der Waals surface area (Å²) in [5, 5.41) is 26.8. The van der Waals surface area contributed by atoms with E-state index in [2.05, 4.69) is 26.0 Å². The molecule has 2 aromatic heterocycles. The molecule has 0 bridgehead atoms. The number of aromatic nitrogens is 3. The van der Waals surface area contributed by atoms with E-state index >= 15 is 0 Å². The number of carboxylic acid groups (broad SMARTS) is 1. The summed E-state index contributed by atoms with van der Waals surface area (Å²) in [5.74, 6) is -0.436. The van der Waals surface area contributed by atoms with E-state index in [1.807, 2.05) is 31.2 Å². The van der Waals surface area contributed by atoms with Gasteiger partial charge in [-0.1, -0.05) is 19.1 Å². The van der Waals surface area contributed by atoms with E-state index in [-0.39, 0.29) is 5.69 Å². The normalized spacial score (nSPS) is 12.1. The van der Waals surface area contributed by atoms with Crippen LogP contribution in [0.25, 0.3) is 0 Å². The zero-order valence-electron chi connectivity index (χ0n) is 14.7. The molecule has 0 saturated heterocycles. The molecule has 9 heteroatoms. The van der Waals surface area contributed by atoms with Gasteiger partial charge in [0.1, 0.15) is 21.5 Å². The van der Waals surface area contributed by atoms with Crippen molar-refractivity contribution in [2.24, 2.45) is 0 Å². The van der Waals surface area contributed by atoms with Gasteiger partial charge in [-0.25, -0.2) is 9.78 Å². The summed E-state index contributed by atoms with van der Waals surface area (Å²) < 4.78 is 7.39. The number of rotatable bonds is 7. The van der Waals surface area contributed by atoms with Gasteiger partial charge >= 0.3 is 5.97 Å². The largest absolute Gasteiger partial charge is 0.497 e. The predicted octanol–water partition coefficient (Wildman–Crippen LogP) is 3.50. The van der Waals surface area contributed by atoms with Crippen molar-refractivity contribution in [3.8, 4) is 5.75 Å². The number of hydrogen-bond acceptors (Lipinski definition) is 6. The van der Waals surface area contributed by atoms with Gasteiger partial charge in [-0.05, 0) is 40.0 Å². The van der Waals surface area contributed by atoms with E-state index in [0.717, 1.165) is 11.3 Å². The highest BCUT2D eigenvalue weighted by Gasteiger charge is 2.29. The highest BCUT2D eigenvalue weighted by atomic mass is 79.9. The summed E-state index contributed by atoms with van der Waals surface area (Å²) in [4.78, 5) is 16.0. The highest BCUT2D eigenvalue weighted by molar-refractivity contribution is 9.10. The molecule has 0 saturated carbocycles. The van der Waals surface area contributed by atoms with Gasteiger partial charge in [-0.15, -0.1) is 11.3 Å². The SMILES string of the molecule is CCc1c(C(O)c2nc(Br)cs2)c(C(=O)O)nn1Cc1ccc(OC)cc1. The number of carboxylic acids is 1. The number of methoxy groups -OCH3 is 1. The summed E-state index contributed by atoms with van der Waals surface area (Å²) in [6.07, 6.45) is -0.623. The number of thiazole rings is 1. The molecule has 0 fully saturated rings. The third kappa shape index (κ3) is 4.05. The van der Waals surface area contributed by atoms with Crippen LogP contribution in [0.4, 0.5) is 0 Å². The second kappa shape index (κ2) is 8.20. The fraction of sp³-hybridized carbons (Fsp3) is 0.278. The third-order valence-electron chi connectivity index (χ3n) is 4.13. The molecule has 0 aliphatic rings. The second-order valence-electron chi connectivity index (χ2n) is 5.78. The molecule has 3 rings (SSSR count). The molecule has 0 radical (unpaired) electrons. The standard InChI is InChI=1S/C18H18BrN3O4S/c1-3-12-14(16(23)17-20-13(19)9-27-17)15(18(24)25)21-22(12)8-10-4-6-11(26-2)7-5-10/h4-7,9,16,23H,3,8H2,1-2H3,(H,24,25). The van der Waals surface area contributed by atoms with Crippen molar-refractivity contribution >= 4 is 33.2 Å². The molecule has 2 N–H and O–H groups in total. The number of ether oxygens (including phenoxy) is 1. The van der Waals surface area contributed by atoms with Gasteiger partial charge in [0.2, 0.25) is 0 Å². The molecule has 27 heavy (non-hydrogen) atoms. The minimum atomic E-state index is -1.18. The fourth-order valence-corrected chi connectivity index (χ4v) is 4.14. The smallest absolute Gasteiger partial charge is 0.356 e. The fourth-order valence-electron chi connectivity index (χ4n) is 2.88. The summed E-state index contributed by atoms with van der Waals surface area (Å²) in [5.41, 5.74) is 1.75. The van der Waals surface area contributed by atoms with Crippen molar-refractivity contribution in [3.63, 3.8) is 0 Å². The van der Waals surface area contributed by atoms with E-state index in [1.165, 1.54) is 11.3 Å². The van der Waals surface area contributed by atoms with Crippen LogP contribution in [0, 0.1) is 0 Å². The molecule has 1 atom stereocenters. The number of nitrogens with zero attached hydrogens (tertiary/aromatic N) is 3. The number of hydrogen-bond donors (Lipinski definition) is 2. The van der Waals surface area contributed by atoms with Crippen LogP contribution in [0.5, 0.6) is 5.75 Å². The van der Waals surface area contributed by atoms with Crippen molar-refractivity contribution in [1.82, 2.24) is 14.8 Å². The first kappa shape index (κ1) is 19.5. The Kier molecular flexibility index (Phi) is 5.93. The Morgan fingerprint density at radius 1 is 1.37 bits per heavy atom. The van der Waals surface area contributed by atoms with Crippen molar-refractivity contribution in [1.29, 1.82) is 0 Å². The van der Waals surface area contributed by atoms with Crippen LogP contribution < -0.4 is 4.74 Å². The van der Waals surface area contributed by atoms with Crippen LogP contribution in [0.15, 0.2) is 34.2 Å². The first-order valence-electron chi connectivity index (χ1n) is 8.19. The summed E-state index contributed by atoms with van der Waals surface area (Å²) in [7, 11) is 1.60. The predicted molar refractivity (Wildman–Crippen MR) is 105 cm³/mol. The average molecular weight is 452 g/mol. The zero-order valence-corrected chi connectivity index (χ0v) is 17.1. The highest BCUT2D eigenvalue weighted by Crippen LogP contribution is 2.32. The molecular weight excluding hydrogens is 434 g/mol. The second-order valence-corrected chi connectivity index (χ2v) is 7.49. The molecule has 3 aromatic rings. The lowest BCUT2D eigenvalue weighted by Gasteiger charge is -2.11. The quantitative estimate of drug-likeness (QED) is 0.570. The number of benzene rings is 1. The first-order chi connectivity index (χ1) is 12.9. The van der Waals surface area contributed by atoms with E-state index < -0.39 is 12.1 Å². The summed E-state index contributed by atoms with van der Waals surface area (Å²) >= 11 is 4.52. The Bertz CT molecular complexity index is 952. The minimum absolute atomic E-state index is 0.154. The van der Waals surface area contributed by atoms with Crippen LogP contribution >= 0.6 is 27.3 Å². The molecule has 0 amide bonds. The Hall–Kier alpha value is -2.23.